The van der Waals surface area contributed by atoms with Crippen molar-refractivity contribution in [3.8, 4) is 0 Å². The zero-order chi connectivity index (χ0) is 12.0. The lowest BCUT2D eigenvalue weighted by atomic mass is 9.61. The van der Waals surface area contributed by atoms with Gasteiger partial charge in [0.1, 0.15) is 11.6 Å². The SMILES string of the molecule is CCC1(C)C(C(C)=O)C(=O)C(C)C1(C)C. The first kappa shape index (κ1) is 12.4. The third-order valence-electron chi connectivity index (χ3n) is 5.04. The van der Waals surface area contributed by atoms with Crippen LogP contribution < -0.4 is 0 Å². The fraction of sp³-hybridized carbons (Fsp3) is 0.846. The summed E-state index contributed by atoms with van der Waals surface area (Å²) in [6.07, 6.45) is 0.875. The molecule has 0 saturated heterocycles. The largest absolute Gasteiger partial charge is 0.299 e. The first-order valence-electron chi connectivity index (χ1n) is 5.74. The summed E-state index contributed by atoms with van der Waals surface area (Å²) >= 11 is 0. The lowest BCUT2D eigenvalue weighted by molar-refractivity contribution is -0.134. The van der Waals surface area contributed by atoms with Gasteiger partial charge in [-0.25, -0.2) is 0 Å². The highest BCUT2D eigenvalue weighted by atomic mass is 16.2. The Labute approximate surface area is 92.4 Å². The van der Waals surface area contributed by atoms with E-state index in [1.807, 2.05) is 6.92 Å². The standard InChI is InChI=1S/C13H22O2/c1-7-13(6)10(9(3)14)11(15)8(2)12(13,4)5/h8,10H,7H2,1-6H3. The second kappa shape index (κ2) is 3.43. The van der Waals surface area contributed by atoms with Crippen LogP contribution in [0.3, 0.4) is 0 Å². The van der Waals surface area contributed by atoms with Crippen LogP contribution >= 0.6 is 0 Å². The number of Topliss-reactive ketones (excluding diaryl/α,β-unsaturated/α-hetero) is 2. The number of hydrogen-bond acceptors (Lipinski definition) is 2. The Hall–Kier alpha value is -0.660. The van der Waals surface area contributed by atoms with Gasteiger partial charge >= 0.3 is 0 Å². The van der Waals surface area contributed by atoms with E-state index in [1.54, 1.807) is 6.92 Å². The van der Waals surface area contributed by atoms with Crippen molar-refractivity contribution in [1.82, 2.24) is 0 Å². The molecule has 0 N–H and O–H groups in total. The molecule has 0 bridgehead atoms. The Morgan fingerprint density at radius 1 is 1.33 bits per heavy atom. The highest BCUT2D eigenvalue weighted by Crippen LogP contribution is 2.58. The molecule has 0 aromatic carbocycles. The Balaban J connectivity index is 3.31. The third-order valence-corrected chi connectivity index (χ3v) is 5.04. The molecule has 3 atom stereocenters. The van der Waals surface area contributed by atoms with Crippen LogP contribution in [0.4, 0.5) is 0 Å². The van der Waals surface area contributed by atoms with Crippen molar-refractivity contribution in [1.29, 1.82) is 0 Å². The minimum atomic E-state index is -0.396. The van der Waals surface area contributed by atoms with Crippen LogP contribution in [-0.2, 0) is 9.59 Å². The van der Waals surface area contributed by atoms with Crippen LogP contribution in [0.5, 0.6) is 0 Å². The molecule has 0 amide bonds. The summed E-state index contributed by atoms with van der Waals surface area (Å²) in [6.45, 7) is 11.9. The summed E-state index contributed by atoms with van der Waals surface area (Å²) in [5.74, 6) is -0.248. The molecule has 1 aliphatic rings. The second-order valence-corrected chi connectivity index (χ2v) is 5.66. The van der Waals surface area contributed by atoms with Gasteiger partial charge in [0.15, 0.2) is 0 Å². The van der Waals surface area contributed by atoms with Gasteiger partial charge in [-0.2, -0.15) is 0 Å². The van der Waals surface area contributed by atoms with Crippen molar-refractivity contribution in [2.45, 2.75) is 48.0 Å². The molecule has 1 rings (SSSR count). The van der Waals surface area contributed by atoms with Gasteiger partial charge in [0.2, 0.25) is 0 Å². The highest BCUT2D eigenvalue weighted by molar-refractivity contribution is 6.05. The zero-order valence-corrected chi connectivity index (χ0v) is 10.7. The molecule has 1 aliphatic carbocycles. The summed E-state index contributed by atoms with van der Waals surface area (Å²) in [4.78, 5) is 23.8. The topological polar surface area (TPSA) is 34.1 Å². The van der Waals surface area contributed by atoms with E-state index in [1.165, 1.54) is 0 Å². The van der Waals surface area contributed by atoms with E-state index in [4.69, 9.17) is 0 Å². The third kappa shape index (κ3) is 1.37. The fourth-order valence-electron chi connectivity index (χ4n) is 3.09. The molecule has 0 aromatic rings. The molecular weight excluding hydrogens is 188 g/mol. The van der Waals surface area contributed by atoms with Gasteiger partial charge in [0, 0.05) is 5.92 Å². The van der Waals surface area contributed by atoms with Crippen LogP contribution in [-0.4, -0.2) is 11.6 Å². The van der Waals surface area contributed by atoms with Gasteiger partial charge in [0.05, 0.1) is 5.92 Å². The maximum atomic E-state index is 12.1. The minimum absolute atomic E-state index is 0.0173. The van der Waals surface area contributed by atoms with Gasteiger partial charge < -0.3 is 0 Å². The highest BCUT2D eigenvalue weighted by Gasteiger charge is 2.61. The van der Waals surface area contributed by atoms with E-state index in [0.717, 1.165) is 6.42 Å². The summed E-state index contributed by atoms with van der Waals surface area (Å²) in [5.41, 5.74) is -0.273. The molecule has 2 nitrogen and oxygen atoms in total. The first-order chi connectivity index (χ1) is 6.70. The molecule has 2 heteroatoms. The Bertz CT molecular complexity index is 304. The number of ketones is 2. The summed E-state index contributed by atoms with van der Waals surface area (Å²) in [7, 11) is 0. The molecule has 15 heavy (non-hydrogen) atoms. The molecule has 1 saturated carbocycles. The van der Waals surface area contributed by atoms with Crippen molar-refractivity contribution in [2.24, 2.45) is 22.7 Å². The van der Waals surface area contributed by atoms with Crippen LogP contribution in [0.2, 0.25) is 0 Å². The minimum Gasteiger partial charge on any atom is -0.299 e. The van der Waals surface area contributed by atoms with E-state index in [-0.39, 0.29) is 28.3 Å². The van der Waals surface area contributed by atoms with E-state index in [9.17, 15) is 9.59 Å². The number of rotatable bonds is 2. The zero-order valence-electron chi connectivity index (χ0n) is 10.7. The fourth-order valence-corrected chi connectivity index (χ4v) is 3.09. The number of hydrogen-bond donors (Lipinski definition) is 0. The van der Waals surface area contributed by atoms with Crippen molar-refractivity contribution in [3.63, 3.8) is 0 Å². The molecule has 86 valence electrons. The molecule has 0 spiro atoms. The van der Waals surface area contributed by atoms with Crippen molar-refractivity contribution >= 4 is 11.6 Å². The average molecular weight is 210 g/mol. The van der Waals surface area contributed by atoms with Gasteiger partial charge in [-0.1, -0.05) is 34.6 Å². The summed E-state index contributed by atoms with van der Waals surface area (Å²) in [6, 6.07) is 0. The lowest BCUT2D eigenvalue weighted by Crippen LogP contribution is -2.39. The molecule has 0 radical (unpaired) electrons. The van der Waals surface area contributed by atoms with Crippen LogP contribution in [0.1, 0.15) is 48.0 Å². The van der Waals surface area contributed by atoms with E-state index in [0.29, 0.717) is 0 Å². The Morgan fingerprint density at radius 2 is 1.80 bits per heavy atom. The first-order valence-corrected chi connectivity index (χ1v) is 5.74. The molecule has 0 heterocycles. The normalized spacial score (nSPS) is 39.5. The summed E-state index contributed by atoms with van der Waals surface area (Å²) in [5, 5.41) is 0. The average Bonchev–Trinajstić information content (AvgIpc) is 2.26. The van der Waals surface area contributed by atoms with Gasteiger partial charge in [-0.3, -0.25) is 9.59 Å². The number of carbonyl (C=O) groups excluding carboxylic acids is 2. The molecule has 1 fully saturated rings. The van der Waals surface area contributed by atoms with E-state index >= 15 is 0 Å². The van der Waals surface area contributed by atoms with E-state index < -0.39 is 5.92 Å². The predicted octanol–water partition coefficient (Wildman–Crippen LogP) is 2.85. The lowest BCUT2D eigenvalue weighted by Gasteiger charge is -2.41. The summed E-state index contributed by atoms with van der Waals surface area (Å²) < 4.78 is 0. The van der Waals surface area contributed by atoms with Crippen LogP contribution in [0.25, 0.3) is 0 Å². The monoisotopic (exact) mass is 210 g/mol. The van der Waals surface area contributed by atoms with Crippen LogP contribution in [0, 0.1) is 22.7 Å². The van der Waals surface area contributed by atoms with Gasteiger partial charge in [-0.05, 0) is 24.2 Å². The van der Waals surface area contributed by atoms with Crippen LogP contribution in [0.15, 0.2) is 0 Å². The maximum absolute atomic E-state index is 12.1. The number of carbonyl (C=O) groups is 2. The Kier molecular flexibility index (Phi) is 2.84. The second-order valence-electron chi connectivity index (χ2n) is 5.66. The molecule has 0 aliphatic heterocycles. The van der Waals surface area contributed by atoms with Gasteiger partial charge in [-0.15, -0.1) is 0 Å². The van der Waals surface area contributed by atoms with Crippen molar-refractivity contribution < 1.29 is 9.59 Å². The predicted molar refractivity (Wildman–Crippen MR) is 60.5 cm³/mol. The molecular formula is C13H22O2. The maximum Gasteiger partial charge on any atom is 0.147 e. The molecule has 3 unspecified atom stereocenters. The van der Waals surface area contributed by atoms with Crippen molar-refractivity contribution in [3.05, 3.63) is 0 Å². The molecule has 0 aromatic heterocycles. The Morgan fingerprint density at radius 3 is 2.07 bits per heavy atom. The van der Waals surface area contributed by atoms with E-state index in [2.05, 4.69) is 27.7 Å². The quantitative estimate of drug-likeness (QED) is 0.657. The van der Waals surface area contributed by atoms with Gasteiger partial charge in [0.25, 0.3) is 0 Å². The smallest absolute Gasteiger partial charge is 0.147 e. The van der Waals surface area contributed by atoms with Crippen molar-refractivity contribution in [2.75, 3.05) is 0 Å².